The Hall–Kier alpha value is -2.13. The van der Waals surface area contributed by atoms with Crippen LogP contribution in [-0.4, -0.2) is 38.9 Å². The van der Waals surface area contributed by atoms with Gasteiger partial charge in [0.1, 0.15) is 6.20 Å². The number of aryl methyl sites for hydroxylation is 2. The highest BCUT2D eigenvalue weighted by Gasteiger charge is 2.34. The number of sulfonamides is 1. The van der Waals surface area contributed by atoms with Gasteiger partial charge in [-0.25, -0.2) is 13.4 Å². The van der Waals surface area contributed by atoms with Crippen molar-refractivity contribution in [2.45, 2.75) is 30.3 Å². The molecule has 0 spiro atoms. The molecule has 150 valence electrons. The van der Waals surface area contributed by atoms with E-state index in [0.29, 0.717) is 23.8 Å². The van der Waals surface area contributed by atoms with E-state index in [0.717, 1.165) is 37.1 Å². The second-order valence-corrected chi connectivity index (χ2v) is 9.07. The third-order valence-electron chi connectivity index (χ3n) is 5.41. The van der Waals surface area contributed by atoms with E-state index < -0.39 is 21.8 Å². The Bertz CT molecular complexity index is 967. The standard InChI is InChI=1S/C19H20F3N3O2S/c20-19(21,22)16-5-7-18(23-13-16)24-8-10-25(11-9-24)28(26,27)17-6-4-14-2-1-3-15(14)12-17/h4-7,12-13H,1-3,8-11H2/p+1. The van der Waals surface area contributed by atoms with E-state index in [4.69, 9.17) is 0 Å². The Morgan fingerprint density at radius 3 is 2.29 bits per heavy atom. The largest absolute Gasteiger partial charge is 0.419 e. The topological polar surface area (TPSA) is 54.8 Å². The first-order chi connectivity index (χ1) is 13.2. The zero-order valence-electron chi connectivity index (χ0n) is 15.2. The summed E-state index contributed by atoms with van der Waals surface area (Å²) >= 11 is 0. The fraction of sp³-hybridized carbons (Fsp3) is 0.421. The van der Waals surface area contributed by atoms with E-state index in [-0.39, 0.29) is 13.1 Å². The number of H-pyrrole nitrogens is 1. The van der Waals surface area contributed by atoms with Crippen LogP contribution in [0.15, 0.2) is 41.4 Å². The van der Waals surface area contributed by atoms with Gasteiger partial charge in [-0.2, -0.15) is 17.5 Å². The van der Waals surface area contributed by atoms with E-state index in [1.807, 2.05) is 11.0 Å². The average Bonchev–Trinajstić information content (AvgIpc) is 3.15. The van der Waals surface area contributed by atoms with Gasteiger partial charge in [0.2, 0.25) is 10.0 Å². The molecule has 0 radical (unpaired) electrons. The normalized spacial score (nSPS) is 18.3. The van der Waals surface area contributed by atoms with Gasteiger partial charge in [0, 0.05) is 6.07 Å². The lowest BCUT2D eigenvalue weighted by Crippen LogP contribution is -2.50. The summed E-state index contributed by atoms with van der Waals surface area (Å²) in [6.07, 6.45) is -0.490. The molecule has 1 N–H and O–H groups in total. The number of aromatic nitrogens is 1. The Balaban J connectivity index is 1.45. The molecule has 2 aliphatic rings. The molecule has 2 heterocycles. The molecule has 4 rings (SSSR count). The van der Waals surface area contributed by atoms with E-state index >= 15 is 0 Å². The zero-order valence-corrected chi connectivity index (χ0v) is 16.0. The van der Waals surface area contributed by atoms with Crippen molar-refractivity contribution in [3.8, 4) is 0 Å². The lowest BCUT2D eigenvalue weighted by Gasteiger charge is -2.30. The van der Waals surface area contributed by atoms with E-state index in [1.165, 1.54) is 15.9 Å². The minimum Gasteiger partial charge on any atom is -0.259 e. The van der Waals surface area contributed by atoms with Crippen molar-refractivity contribution in [3.05, 3.63) is 53.2 Å². The number of nitrogens with one attached hydrogen (secondary N) is 1. The molecule has 0 bridgehead atoms. The van der Waals surface area contributed by atoms with Gasteiger partial charge in [0.15, 0.2) is 0 Å². The molecule has 1 aliphatic heterocycles. The van der Waals surface area contributed by atoms with E-state index in [2.05, 4.69) is 4.98 Å². The number of aromatic amines is 1. The maximum atomic E-state index is 13.0. The minimum atomic E-state index is -4.39. The van der Waals surface area contributed by atoms with Crippen LogP contribution in [0.4, 0.5) is 19.0 Å². The number of nitrogens with zero attached hydrogens (tertiary/aromatic N) is 2. The summed E-state index contributed by atoms with van der Waals surface area (Å²) in [5, 5.41) is 0. The Morgan fingerprint density at radius 2 is 1.64 bits per heavy atom. The monoisotopic (exact) mass is 412 g/mol. The first-order valence-electron chi connectivity index (χ1n) is 9.21. The van der Waals surface area contributed by atoms with Crippen LogP contribution >= 0.6 is 0 Å². The van der Waals surface area contributed by atoms with E-state index in [1.54, 1.807) is 12.1 Å². The number of halogens is 3. The molecule has 28 heavy (non-hydrogen) atoms. The molecule has 1 saturated heterocycles. The van der Waals surface area contributed by atoms with Gasteiger partial charge in [-0.15, -0.1) is 0 Å². The van der Waals surface area contributed by atoms with Crippen molar-refractivity contribution in [1.82, 2.24) is 4.31 Å². The molecule has 0 unspecified atom stereocenters. The van der Waals surface area contributed by atoms with Gasteiger partial charge in [0.05, 0.1) is 36.6 Å². The number of rotatable bonds is 3. The lowest BCUT2D eigenvalue weighted by molar-refractivity contribution is -0.367. The second-order valence-electron chi connectivity index (χ2n) is 7.14. The minimum absolute atomic E-state index is 0.286. The van der Waals surface area contributed by atoms with E-state index in [9.17, 15) is 21.6 Å². The second kappa shape index (κ2) is 7.04. The predicted molar refractivity (Wildman–Crippen MR) is 97.4 cm³/mol. The lowest BCUT2D eigenvalue weighted by atomic mass is 10.1. The highest BCUT2D eigenvalue weighted by molar-refractivity contribution is 7.89. The molecule has 1 aromatic carbocycles. The number of fused-ring (bicyclic) bond motifs is 1. The van der Waals surface area contributed by atoms with Crippen LogP contribution in [-0.2, 0) is 29.0 Å². The summed E-state index contributed by atoms with van der Waals surface area (Å²) in [6, 6.07) is 7.78. The average molecular weight is 412 g/mol. The van der Waals surface area contributed by atoms with Crippen LogP contribution in [0.5, 0.6) is 0 Å². The summed E-state index contributed by atoms with van der Waals surface area (Å²) in [6.45, 7) is 1.39. The van der Waals surface area contributed by atoms with Crippen LogP contribution < -0.4 is 9.88 Å². The fourth-order valence-electron chi connectivity index (χ4n) is 3.82. The van der Waals surface area contributed by atoms with Crippen LogP contribution in [0.25, 0.3) is 0 Å². The van der Waals surface area contributed by atoms with Gasteiger partial charge < -0.3 is 0 Å². The molecule has 9 heteroatoms. The van der Waals surface area contributed by atoms with Crippen molar-refractivity contribution in [2.75, 3.05) is 31.1 Å². The van der Waals surface area contributed by atoms with Gasteiger partial charge in [-0.05, 0) is 48.6 Å². The smallest absolute Gasteiger partial charge is 0.259 e. The van der Waals surface area contributed by atoms with Crippen LogP contribution in [0.2, 0.25) is 0 Å². The Morgan fingerprint density at radius 1 is 0.929 bits per heavy atom. The summed E-state index contributed by atoms with van der Waals surface area (Å²) in [4.78, 5) is 4.84. The molecule has 5 nitrogen and oxygen atoms in total. The molecule has 1 aliphatic carbocycles. The van der Waals surface area contributed by atoms with Crippen molar-refractivity contribution >= 4 is 15.8 Å². The fourth-order valence-corrected chi connectivity index (χ4v) is 5.29. The number of hydrogen-bond donors (Lipinski definition) is 0. The third kappa shape index (κ3) is 3.60. The van der Waals surface area contributed by atoms with Gasteiger partial charge in [-0.3, -0.25) is 4.90 Å². The zero-order chi connectivity index (χ0) is 19.9. The number of hydrogen-bond acceptors (Lipinski definition) is 3. The molecular weight excluding hydrogens is 391 g/mol. The van der Waals surface area contributed by atoms with Crippen molar-refractivity contribution in [1.29, 1.82) is 0 Å². The quantitative estimate of drug-likeness (QED) is 0.779. The number of anilines is 1. The van der Waals surface area contributed by atoms with Gasteiger partial charge >= 0.3 is 6.18 Å². The molecule has 0 atom stereocenters. The van der Waals surface area contributed by atoms with Crippen LogP contribution in [0.3, 0.4) is 0 Å². The first kappa shape index (κ1) is 19.2. The maximum Gasteiger partial charge on any atom is 0.419 e. The van der Waals surface area contributed by atoms with Gasteiger partial charge in [0.25, 0.3) is 5.82 Å². The number of alkyl halides is 3. The number of benzene rings is 1. The number of pyridine rings is 1. The molecule has 0 saturated carbocycles. The van der Waals surface area contributed by atoms with Crippen molar-refractivity contribution in [3.63, 3.8) is 0 Å². The summed E-state index contributed by atoms with van der Waals surface area (Å²) in [5.74, 6) is 0.544. The molecule has 1 fully saturated rings. The first-order valence-corrected chi connectivity index (χ1v) is 10.6. The van der Waals surface area contributed by atoms with Crippen molar-refractivity contribution in [2.24, 2.45) is 0 Å². The highest BCUT2D eigenvalue weighted by Crippen LogP contribution is 2.29. The maximum absolute atomic E-state index is 13.0. The molecular formula is C19H21F3N3O2S+. The summed E-state index contributed by atoms with van der Waals surface area (Å²) in [7, 11) is -3.57. The molecule has 2 aromatic rings. The molecule has 1 aromatic heterocycles. The number of piperazine rings is 1. The third-order valence-corrected chi connectivity index (χ3v) is 7.31. The van der Waals surface area contributed by atoms with Crippen LogP contribution in [0.1, 0.15) is 23.1 Å². The molecule has 0 amide bonds. The predicted octanol–water partition coefficient (Wildman–Crippen LogP) is 2.52. The van der Waals surface area contributed by atoms with Gasteiger partial charge in [-0.1, -0.05) is 6.07 Å². The summed E-state index contributed by atoms with van der Waals surface area (Å²) < 4.78 is 65.4. The van der Waals surface area contributed by atoms with Crippen LogP contribution in [0, 0.1) is 0 Å². The summed E-state index contributed by atoms with van der Waals surface area (Å²) in [5.41, 5.74) is 1.59. The Kier molecular flexibility index (Phi) is 4.83. The van der Waals surface area contributed by atoms with Crippen molar-refractivity contribution < 1.29 is 26.6 Å². The Labute approximate surface area is 161 Å². The SMILES string of the molecule is O=S(=O)(c1ccc2c(c1)CCC2)N1CCN(c2ccc(C(F)(F)F)c[nH+]2)CC1. The highest BCUT2D eigenvalue weighted by atomic mass is 32.2.